The summed E-state index contributed by atoms with van der Waals surface area (Å²) in [6.45, 7) is 3.16. The number of rotatable bonds is 4. The smallest absolute Gasteiger partial charge is 0.266 e. The molecule has 0 aliphatic carbocycles. The summed E-state index contributed by atoms with van der Waals surface area (Å²) >= 11 is 0. The molecule has 1 aromatic carbocycles. The van der Waals surface area contributed by atoms with E-state index in [2.05, 4.69) is 10.2 Å². The molecule has 1 N–H and O–H groups in total. The van der Waals surface area contributed by atoms with Gasteiger partial charge in [0.1, 0.15) is 17.4 Å². The number of ether oxygens (including phenoxy) is 1. The van der Waals surface area contributed by atoms with E-state index in [1.54, 1.807) is 12.1 Å². The van der Waals surface area contributed by atoms with Gasteiger partial charge in [0.2, 0.25) is 0 Å². The number of morpholine rings is 1. The van der Waals surface area contributed by atoms with Crippen molar-refractivity contribution in [2.75, 3.05) is 36.5 Å². The van der Waals surface area contributed by atoms with Gasteiger partial charge in [0.25, 0.3) is 5.91 Å². The van der Waals surface area contributed by atoms with Crippen LogP contribution >= 0.6 is 0 Å². The van der Waals surface area contributed by atoms with Crippen LogP contribution in [0, 0.1) is 11.3 Å². The van der Waals surface area contributed by atoms with Crippen molar-refractivity contribution in [1.82, 2.24) is 0 Å². The molecule has 6 heteroatoms. The van der Waals surface area contributed by atoms with E-state index in [0.717, 1.165) is 32.0 Å². The number of nitrogens with zero attached hydrogens (tertiary/aromatic N) is 2. The molecule has 24 heavy (non-hydrogen) atoms. The van der Waals surface area contributed by atoms with Gasteiger partial charge in [0.15, 0.2) is 0 Å². The molecule has 1 aromatic heterocycles. The Morgan fingerprint density at radius 3 is 2.58 bits per heavy atom. The number of amides is 1. The maximum atomic E-state index is 12.2. The fourth-order valence-electron chi connectivity index (χ4n) is 2.44. The molecule has 1 saturated heterocycles. The monoisotopic (exact) mass is 323 g/mol. The highest BCUT2D eigenvalue weighted by atomic mass is 16.5. The molecule has 1 aliphatic rings. The third-order valence-corrected chi connectivity index (χ3v) is 3.70. The third kappa shape index (κ3) is 3.83. The van der Waals surface area contributed by atoms with Crippen molar-refractivity contribution >= 4 is 23.4 Å². The Morgan fingerprint density at radius 1 is 1.21 bits per heavy atom. The fraction of sp³-hybridized carbons (Fsp3) is 0.222. The summed E-state index contributed by atoms with van der Waals surface area (Å²) in [5.41, 5.74) is 1.71. The van der Waals surface area contributed by atoms with Crippen molar-refractivity contribution in [3.8, 4) is 6.07 Å². The van der Waals surface area contributed by atoms with E-state index >= 15 is 0 Å². The Bertz CT molecular complexity index is 752. The molecular formula is C18H17N3O3. The van der Waals surface area contributed by atoms with E-state index in [9.17, 15) is 4.79 Å². The standard InChI is InChI=1S/C18H17N3O3/c19-13-14(12-17-2-1-9-24-17)18(22)20-15-3-5-16(6-4-15)21-7-10-23-11-8-21/h1-6,9,12H,7-8,10-11H2,(H,20,22)/b14-12+. The second-order valence-corrected chi connectivity index (χ2v) is 5.29. The number of hydrogen-bond acceptors (Lipinski definition) is 5. The molecule has 0 spiro atoms. The minimum absolute atomic E-state index is 0.0118. The number of nitriles is 1. The molecule has 3 rings (SSSR count). The van der Waals surface area contributed by atoms with Crippen LogP contribution in [0.2, 0.25) is 0 Å². The van der Waals surface area contributed by atoms with Crippen molar-refractivity contribution in [1.29, 1.82) is 5.26 Å². The number of furan rings is 1. The largest absolute Gasteiger partial charge is 0.465 e. The zero-order valence-electron chi connectivity index (χ0n) is 13.1. The van der Waals surface area contributed by atoms with Gasteiger partial charge >= 0.3 is 0 Å². The minimum Gasteiger partial charge on any atom is -0.465 e. The number of hydrogen-bond donors (Lipinski definition) is 1. The maximum absolute atomic E-state index is 12.2. The van der Waals surface area contributed by atoms with Crippen LogP contribution in [0.3, 0.4) is 0 Å². The first-order valence-electron chi connectivity index (χ1n) is 7.66. The first-order chi connectivity index (χ1) is 11.8. The van der Waals surface area contributed by atoms with Gasteiger partial charge in [-0.3, -0.25) is 4.79 Å². The topological polar surface area (TPSA) is 78.5 Å². The molecule has 0 bridgehead atoms. The molecule has 0 atom stereocenters. The first-order valence-corrected chi connectivity index (χ1v) is 7.66. The lowest BCUT2D eigenvalue weighted by molar-refractivity contribution is -0.112. The maximum Gasteiger partial charge on any atom is 0.266 e. The van der Waals surface area contributed by atoms with Gasteiger partial charge in [0, 0.05) is 30.5 Å². The average Bonchev–Trinajstić information content (AvgIpc) is 3.14. The molecule has 2 heterocycles. The molecule has 2 aromatic rings. The fourth-order valence-corrected chi connectivity index (χ4v) is 2.44. The lowest BCUT2D eigenvalue weighted by Crippen LogP contribution is -2.36. The normalized spacial score (nSPS) is 15.0. The number of carbonyl (C=O) groups is 1. The minimum atomic E-state index is -0.465. The van der Waals surface area contributed by atoms with Crippen molar-refractivity contribution < 1.29 is 13.9 Å². The molecule has 0 saturated carbocycles. The van der Waals surface area contributed by atoms with Crippen LogP contribution in [-0.2, 0) is 9.53 Å². The number of anilines is 2. The summed E-state index contributed by atoms with van der Waals surface area (Å²) in [6, 6.07) is 12.8. The Morgan fingerprint density at radius 2 is 1.96 bits per heavy atom. The van der Waals surface area contributed by atoms with Crippen molar-refractivity contribution in [3.05, 3.63) is 54.0 Å². The number of carbonyl (C=O) groups excluding carboxylic acids is 1. The van der Waals surface area contributed by atoms with Crippen LogP contribution in [0.25, 0.3) is 6.08 Å². The second kappa shape index (κ2) is 7.49. The highest BCUT2D eigenvalue weighted by Gasteiger charge is 2.13. The van der Waals surface area contributed by atoms with E-state index < -0.39 is 5.91 Å². The van der Waals surface area contributed by atoms with Crippen LogP contribution in [0.4, 0.5) is 11.4 Å². The summed E-state index contributed by atoms with van der Waals surface area (Å²) < 4.78 is 10.5. The Labute approximate surface area is 139 Å². The Hall–Kier alpha value is -3.04. The molecule has 1 amide bonds. The Kier molecular flexibility index (Phi) is 4.94. The van der Waals surface area contributed by atoms with Crippen molar-refractivity contribution in [2.24, 2.45) is 0 Å². The van der Waals surface area contributed by atoms with Crippen LogP contribution in [-0.4, -0.2) is 32.2 Å². The van der Waals surface area contributed by atoms with Gasteiger partial charge in [-0.2, -0.15) is 5.26 Å². The molecule has 0 radical (unpaired) electrons. The molecule has 122 valence electrons. The lowest BCUT2D eigenvalue weighted by Gasteiger charge is -2.28. The van der Waals surface area contributed by atoms with Crippen LogP contribution in [0.1, 0.15) is 5.76 Å². The molecular weight excluding hydrogens is 306 g/mol. The van der Waals surface area contributed by atoms with Gasteiger partial charge in [-0.25, -0.2) is 0 Å². The van der Waals surface area contributed by atoms with Gasteiger partial charge in [-0.15, -0.1) is 0 Å². The molecule has 1 fully saturated rings. The third-order valence-electron chi connectivity index (χ3n) is 3.70. The predicted molar refractivity (Wildman–Crippen MR) is 90.4 cm³/mol. The van der Waals surface area contributed by atoms with Gasteiger partial charge in [-0.1, -0.05) is 0 Å². The number of benzene rings is 1. The van der Waals surface area contributed by atoms with E-state index in [-0.39, 0.29) is 5.57 Å². The lowest BCUT2D eigenvalue weighted by atomic mass is 10.2. The van der Waals surface area contributed by atoms with Crippen LogP contribution in [0.15, 0.2) is 52.7 Å². The Balaban J connectivity index is 1.66. The molecule has 0 unspecified atom stereocenters. The van der Waals surface area contributed by atoms with Crippen LogP contribution < -0.4 is 10.2 Å². The predicted octanol–water partition coefficient (Wildman–Crippen LogP) is 2.66. The SMILES string of the molecule is N#C/C(=C\c1ccco1)C(=O)Nc1ccc(N2CCOCC2)cc1. The zero-order valence-corrected chi connectivity index (χ0v) is 13.1. The van der Waals surface area contributed by atoms with Gasteiger partial charge < -0.3 is 19.4 Å². The van der Waals surface area contributed by atoms with Crippen LogP contribution in [0.5, 0.6) is 0 Å². The summed E-state index contributed by atoms with van der Waals surface area (Å²) in [5.74, 6) is -0.00242. The van der Waals surface area contributed by atoms with E-state index in [0.29, 0.717) is 11.4 Å². The summed E-state index contributed by atoms with van der Waals surface area (Å²) in [6.07, 6.45) is 2.90. The van der Waals surface area contributed by atoms with Crippen molar-refractivity contribution in [2.45, 2.75) is 0 Å². The molecule has 1 aliphatic heterocycles. The summed E-state index contributed by atoms with van der Waals surface area (Å²) in [7, 11) is 0. The van der Waals surface area contributed by atoms with E-state index in [1.165, 1.54) is 12.3 Å². The average molecular weight is 323 g/mol. The highest BCUT2D eigenvalue weighted by molar-refractivity contribution is 6.09. The first kappa shape index (κ1) is 15.8. The summed E-state index contributed by atoms with van der Waals surface area (Å²) in [4.78, 5) is 14.4. The quantitative estimate of drug-likeness (QED) is 0.691. The highest BCUT2D eigenvalue weighted by Crippen LogP contribution is 2.19. The number of nitrogens with one attached hydrogen (secondary N) is 1. The van der Waals surface area contributed by atoms with E-state index in [1.807, 2.05) is 30.3 Å². The van der Waals surface area contributed by atoms with Crippen molar-refractivity contribution in [3.63, 3.8) is 0 Å². The molecule has 6 nitrogen and oxygen atoms in total. The second-order valence-electron chi connectivity index (χ2n) is 5.29. The van der Waals surface area contributed by atoms with Gasteiger partial charge in [0.05, 0.1) is 19.5 Å². The summed E-state index contributed by atoms with van der Waals surface area (Å²) in [5, 5.41) is 11.9. The van der Waals surface area contributed by atoms with Gasteiger partial charge in [-0.05, 0) is 36.4 Å². The van der Waals surface area contributed by atoms with E-state index in [4.69, 9.17) is 14.4 Å². The zero-order chi connectivity index (χ0) is 16.8.